The maximum Gasteiger partial charge on any atom is 0.257 e. The number of likely N-dealkylation sites (tertiary alicyclic amines) is 1. The van der Waals surface area contributed by atoms with Crippen LogP contribution in [-0.4, -0.2) is 50.7 Å². The Labute approximate surface area is 135 Å². The van der Waals surface area contributed by atoms with Gasteiger partial charge in [-0.3, -0.25) is 9.89 Å². The van der Waals surface area contributed by atoms with Crippen LogP contribution in [0.25, 0.3) is 0 Å². The Kier molecular flexibility index (Phi) is 4.55. The molecule has 7 heteroatoms. The molecule has 122 valence electrons. The average molecular weight is 315 g/mol. The molecule has 0 spiro atoms. The molecular formula is C16H21N5O2. The quantitative estimate of drug-likeness (QED) is 0.929. The van der Waals surface area contributed by atoms with Crippen molar-refractivity contribution in [3.8, 4) is 5.88 Å². The largest absolute Gasteiger partial charge is 0.477 e. The van der Waals surface area contributed by atoms with Crippen LogP contribution in [0, 0.1) is 19.8 Å². The van der Waals surface area contributed by atoms with Crippen molar-refractivity contribution in [1.82, 2.24) is 25.1 Å². The molecule has 1 N–H and O–H groups in total. The number of piperidine rings is 1. The SMILES string of the molecule is Cc1ncnc(OCC2CCN(C(=O)c3cn[nH]c3)CC2)c1C. The average Bonchev–Trinajstić information content (AvgIpc) is 3.10. The molecule has 1 aliphatic heterocycles. The summed E-state index contributed by atoms with van der Waals surface area (Å²) in [5, 5.41) is 6.50. The highest BCUT2D eigenvalue weighted by Gasteiger charge is 2.24. The van der Waals surface area contributed by atoms with Gasteiger partial charge < -0.3 is 9.64 Å². The lowest BCUT2D eigenvalue weighted by Crippen LogP contribution is -2.39. The molecule has 2 aromatic rings. The van der Waals surface area contributed by atoms with Crippen LogP contribution in [0.3, 0.4) is 0 Å². The molecule has 3 heterocycles. The Hall–Kier alpha value is -2.44. The fraction of sp³-hybridized carbons (Fsp3) is 0.500. The van der Waals surface area contributed by atoms with E-state index in [-0.39, 0.29) is 5.91 Å². The lowest BCUT2D eigenvalue weighted by atomic mass is 9.97. The Morgan fingerprint density at radius 1 is 1.35 bits per heavy atom. The van der Waals surface area contributed by atoms with Crippen molar-refractivity contribution in [2.75, 3.05) is 19.7 Å². The van der Waals surface area contributed by atoms with E-state index in [1.54, 1.807) is 12.4 Å². The van der Waals surface area contributed by atoms with E-state index < -0.39 is 0 Å². The van der Waals surface area contributed by atoms with Crippen molar-refractivity contribution in [1.29, 1.82) is 0 Å². The standard InChI is InChI=1S/C16H21N5O2/c1-11-12(2)17-10-18-15(11)23-9-13-3-5-21(6-4-13)16(22)14-7-19-20-8-14/h7-8,10,13H,3-6,9H2,1-2H3,(H,19,20). The minimum Gasteiger partial charge on any atom is -0.477 e. The smallest absolute Gasteiger partial charge is 0.257 e. The van der Waals surface area contributed by atoms with Crippen LogP contribution in [0.15, 0.2) is 18.7 Å². The van der Waals surface area contributed by atoms with E-state index in [2.05, 4.69) is 20.2 Å². The molecule has 0 aromatic carbocycles. The van der Waals surface area contributed by atoms with E-state index >= 15 is 0 Å². The fourth-order valence-corrected chi connectivity index (χ4v) is 2.71. The Morgan fingerprint density at radius 2 is 2.13 bits per heavy atom. The number of aromatic nitrogens is 4. The number of hydrogen-bond donors (Lipinski definition) is 1. The number of amides is 1. The molecule has 0 atom stereocenters. The molecule has 7 nitrogen and oxygen atoms in total. The number of carbonyl (C=O) groups excluding carboxylic acids is 1. The summed E-state index contributed by atoms with van der Waals surface area (Å²) in [4.78, 5) is 22.5. The molecule has 1 amide bonds. The zero-order chi connectivity index (χ0) is 16.2. The summed E-state index contributed by atoms with van der Waals surface area (Å²) in [7, 11) is 0. The highest BCUT2D eigenvalue weighted by atomic mass is 16.5. The molecule has 1 fully saturated rings. The number of carbonyl (C=O) groups is 1. The predicted molar refractivity (Wildman–Crippen MR) is 84.2 cm³/mol. The molecule has 0 aliphatic carbocycles. The maximum atomic E-state index is 12.2. The van der Waals surface area contributed by atoms with Gasteiger partial charge in [-0.1, -0.05) is 0 Å². The summed E-state index contributed by atoms with van der Waals surface area (Å²) in [6.07, 6.45) is 6.61. The first-order valence-corrected chi connectivity index (χ1v) is 7.84. The molecule has 0 unspecified atom stereocenters. The second-order valence-corrected chi connectivity index (χ2v) is 5.92. The van der Waals surface area contributed by atoms with Gasteiger partial charge in [0.2, 0.25) is 5.88 Å². The first-order chi connectivity index (χ1) is 11.1. The van der Waals surface area contributed by atoms with E-state index in [0.29, 0.717) is 24.0 Å². The van der Waals surface area contributed by atoms with Crippen molar-refractivity contribution in [3.05, 3.63) is 35.5 Å². The van der Waals surface area contributed by atoms with Gasteiger partial charge in [0.15, 0.2) is 0 Å². The van der Waals surface area contributed by atoms with Gasteiger partial charge in [-0.05, 0) is 32.6 Å². The van der Waals surface area contributed by atoms with E-state index in [0.717, 1.165) is 37.2 Å². The first-order valence-electron chi connectivity index (χ1n) is 7.84. The van der Waals surface area contributed by atoms with Crippen LogP contribution in [0.1, 0.15) is 34.5 Å². The van der Waals surface area contributed by atoms with Crippen LogP contribution in [-0.2, 0) is 0 Å². The minimum atomic E-state index is 0.0420. The lowest BCUT2D eigenvalue weighted by molar-refractivity contribution is 0.0659. The zero-order valence-electron chi connectivity index (χ0n) is 13.5. The van der Waals surface area contributed by atoms with Gasteiger partial charge in [0.1, 0.15) is 6.33 Å². The number of H-pyrrole nitrogens is 1. The van der Waals surface area contributed by atoms with Crippen LogP contribution in [0.4, 0.5) is 0 Å². The monoisotopic (exact) mass is 315 g/mol. The molecule has 2 aromatic heterocycles. The lowest BCUT2D eigenvalue weighted by Gasteiger charge is -2.31. The third kappa shape index (κ3) is 3.49. The van der Waals surface area contributed by atoms with Gasteiger partial charge in [-0.25, -0.2) is 9.97 Å². The molecule has 0 saturated carbocycles. The first kappa shape index (κ1) is 15.5. The topological polar surface area (TPSA) is 84.0 Å². The molecule has 1 saturated heterocycles. The second-order valence-electron chi connectivity index (χ2n) is 5.92. The van der Waals surface area contributed by atoms with Gasteiger partial charge in [0, 0.05) is 30.5 Å². The summed E-state index contributed by atoms with van der Waals surface area (Å²) in [5.41, 5.74) is 2.54. The summed E-state index contributed by atoms with van der Waals surface area (Å²) in [6.45, 7) is 6.05. The number of nitrogens with one attached hydrogen (secondary N) is 1. The van der Waals surface area contributed by atoms with Gasteiger partial charge in [0.05, 0.1) is 18.4 Å². The van der Waals surface area contributed by atoms with E-state index in [1.165, 1.54) is 6.33 Å². The van der Waals surface area contributed by atoms with E-state index in [4.69, 9.17) is 4.74 Å². The number of aromatic amines is 1. The maximum absolute atomic E-state index is 12.2. The molecule has 1 aliphatic rings. The molecule has 0 bridgehead atoms. The van der Waals surface area contributed by atoms with Crippen LogP contribution >= 0.6 is 0 Å². The highest BCUT2D eigenvalue weighted by molar-refractivity contribution is 5.93. The minimum absolute atomic E-state index is 0.0420. The molecule has 23 heavy (non-hydrogen) atoms. The van der Waals surface area contributed by atoms with E-state index in [1.807, 2.05) is 18.7 Å². The highest BCUT2D eigenvalue weighted by Crippen LogP contribution is 2.21. The van der Waals surface area contributed by atoms with E-state index in [9.17, 15) is 4.79 Å². The summed E-state index contributed by atoms with van der Waals surface area (Å²) in [5.74, 6) is 1.15. The van der Waals surface area contributed by atoms with Crippen LogP contribution in [0.5, 0.6) is 5.88 Å². The van der Waals surface area contributed by atoms with Gasteiger partial charge in [0.25, 0.3) is 5.91 Å². The molecule has 0 radical (unpaired) electrons. The number of aryl methyl sites for hydroxylation is 1. The second kappa shape index (κ2) is 6.76. The predicted octanol–water partition coefficient (Wildman–Crippen LogP) is 1.75. The Bertz CT molecular complexity index is 663. The summed E-state index contributed by atoms with van der Waals surface area (Å²) < 4.78 is 5.86. The van der Waals surface area contributed by atoms with Gasteiger partial charge in [-0.2, -0.15) is 5.10 Å². The van der Waals surface area contributed by atoms with Crippen molar-refractivity contribution < 1.29 is 9.53 Å². The number of hydrogen-bond acceptors (Lipinski definition) is 5. The number of ether oxygens (including phenoxy) is 1. The summed E-state index contributed by atoms with van der Waals surface area (Å²) in [6, 6.07) is 0. The number of rotatable bonds is 4. The fourth-order valence-electron chi connectivity index (χ4n) is 2.71. The third-order valence-electron chi connectivity index (χ3n) is 4.39. The Balaban J connectivity index is 1.50. The van der Waals surface area contributed by atoms with Crippen molar-refractivity contribution in [2.24, 2.45) is 5.92 Å². The van der Waals surface area contributed by atoms with Gasteiger partial charge >= 0.3 is 0 Å². The third-order valence-corrected chi connectivity index (χ3v) is 4.39. The van der Waals surface area contributed by atoms with Crippen LogP contribution < -0.4 is 4.74 Å². The van der Waals surface area contributed by atoms with Gasteiger partial charge in [-0.15, -0.1) is 0 Å². The molecule has 3 rings (SSSR count). The van der Waals surface area contributed by atoms with Crippen molar-refractivity contribution in [3.63, 3.8) is 0 Å². The summed E-state index contributed by atoms with van der Waals surface area (Å²) >= 11 is 0. The molecular weight excluding hydrogens is 294 g/mol. The van der Waals surface area contributed by atoms with Crippen molar-refractivity contribution >= 4 is 5.91 Å². The van der Waals surface area contributed by atoms with Crippen molar-refractivity contribution in [2.45, 2.75) is 26.7 Å². The Morgan fingerprint density at radius 3 is 2.83 bits per heavy atom. The number of nitrogens with zero attached hydrogens (tertiary/aromatic N) is 4. The van der Waals surface area contributed by atoms with Crippen LogP contribution in [0.2, 0.25) is 0 Å². The normalized spacial score (nSPS) is 15.7. The zero-order valence-corrected chi connectivity index (χ0v) is 13.5.